The quantitative estimate of drug-likeness (QED) is 0.922. The molecule has 0 bridgehead atoms. The van der Waals surface area contributed by atoms with E-state index in [1.807, 2.05) is 31.2 Å². The van der Waals surface area contributed by atoms with Crippen molar-refractivity contribution in [3.63, 3.8) is 0 Å². The fraction of sp³-hybridized carbons (Fsp3) is 0.286. The first kappa shape index (κ1) is 15.2. The summed E-state index contributed by atoms with van der Waals surface area (Å²) >= 11 is 1.23. The Morgan fingerprint density at radius 3 is 2.60 bits per heavy atom. The van der Waals surface area contributed by atoms with Crippen LogP contribution in [0.3, 0.4) is 0 Å². The minimum absolute atomic E-state index is 0.341. The van der Waals surface area contributed by atoms with E-state index >= 15 is 0 Å². The molecule has 0 radical (unpaired) electrons. The van der Waals surface area contributed by atoms with Crippen LogP contribution in [0.25, 0.3) is 0 Å². The molecule has 1 heterocycles. The third-order valence-electron chi connectivity index (χ3n) is 2.99. The maximum Gasteiger partial charge on any atom is 0.252 e. The molecular formula is C14H18N2O2S2. The highest BCUT2D eigenvalue weighted by molar-refractivity contribution is 7.91. The van der Waals surface area contributed by atoms with Gasteiger partial charge < -0.3 is 5.73 Å². The lowest BCUT2D eigenvalue weighted by atomic mass is 10.1. The zero-order valence-corrected chi connectivity index (χ0v) is 13.2. The lowest BCUT2D eigenvalue weighted by Gasteiger charge is -2.16. The molecule has 0 aliphatic carbocycles. The monoisotopic (exact) mass is 310 g/mol. The molecular weight excluding hydrogens is 292 g/mol. The third kappa shape index (κ3) is 3.27. The minimum Gasteiger partial charge on any atom is -0.326 e. The van der Waals surface area contributed by atoms with Crippen molar-refractivity contribution >= 4 is 21.4 Å². The topological polar surface area (TPSA) is 63.4 Å². The summed E-state index contributed by atoms with van der Waals surface area (Å²) < 4.78 is 26.6. The molecule has 2 aromatic rings. The van der Waals surface area contributed by atoms with Crippen LogP contribution in [0.1, 0.15) is 16.0 Å². The van der Waals surface area contributed by atoms with E-state index in [0.29, 0.717) is 17.3 Å². The van der Waals surface area contributed by atoms with E-state index < -0.39 is 10.0 Å². The predicted octanol–water partition coefficient (Wildman–Crippen LogP) is 2.34. The van der Waals surface area contributed by atoms with Crippen molar-refractivity contribution in [3.05, 3.63) is 52.4 Å². The summed E-state index contributed by atoms with van der Waals surface area (Å²) in [5.74, 6) is 0. The summed E-state index contributed by atoms with van der Waals surface area (Å²) in [7, 11) is -1.85. The zero-order chi connectivity index (χ0) is 14.8. The first-order valence-corrected chi connectivity index (χ1v) is 8.50. The second-order valence-corrected chi connectivity index (χ2v) is 8.12. The second-order valence-electron chi connectivity index (χ2n) is 4.68. The molecule has 0 atom stereocenters. The number of aryl methyl sites for hydroxylation is 1. The van der Waals surface area contributed by atoms with Gasteiger partial charge in [0.25, 0.3) is 10.0 Å². The lowest BCUT2D eigenvalue weighted by molar-refractivity contribution is 0.468. The number of nitrogens with two attached hydrogens (primary N) is 1. The molecule has 1 aromatic heterocycles. The van der Waals surface area contributed by atoms with Crippen LogP contribution in [0.2, 0.25) is 0 Å². The molecule has 20 heavy (non-hydrogen) atoms. The Hall–Kier alpha value is -1.21. The highest BCUT2D eigenvalue weighted by Gasteiger charge is 2.22. The number of hydrogen-bond donors (Lipinski definition) is 1. The van der Waals surface area contributed by atoms with Gasteiger partial charge >= 0.3 is 0 Å². The number of hydrogen-bond acceptors (Lipinski definition) is 4. The van der Waals surface area contributed by atoms with Gasteiger partial charge in [0.05, 0.1) is 0 Å². The van der Waals surface area contributed by atoms with Gasteiger partial charge in [0.15, 0.2) is 0 Å². The number of rotatable bonds is 5. The molecule has 0 fully saturated rings. The van der Waals surface area contributed by atoms with Crippen molar-refractivity contribution < 1.29 is 8.42 Å². The Kier molecular flexibility index (Phi) is 4.59. The van der Waals surface area contributed by atoms with E-state index in [4.69, 9.17) is 5.73 Å². The summed E-state index contributed by atoms with van der Waals surface area (Å²) in [6.07, 6.45) is 0. The Morgan fingerprint density at radius 1 is 1.25 bits per heavy atom. The van der Waals surface area contributed by atoms with Crippen molar-refractivity contribution in [1.82, 2.24) is 4.31 Å². The van der Waals surface area contributed by atoms with Crippen molar-refractivity contribution in [3.8, 4) is 0 Å². The van der Waals surface area contributed by atoms with E-state index in [0.717, 1.165) is 16.0 Å². The standard InChI is InChI=1S/C14H18N2O2S2/c1-11-4-3-5-12(8-11)10-16(2)20(17,18)14-7-6-13(9-15)19-14/h3-8H,9-10,15H2,1-2H3. The van der Waals surface area contributed by atoms with Gasteiger partial charge in [0.2, 0.25) is 0 Å². The van der Waals surface area contributed by atoms with Crippen molar-refractivity contribution in [1.29, 1.82) is 0 Å². The van der Waals surface area contributed by atoms with Crippen LogP contribution in [0, 0.1) is 6.92 Å². The Bertz CT molecular complexity index is 693. The average Bonchev–Trinajstić information content (AvgIpc) is 2.88. The molecule has 0 saturated heterocycles. The second kappa shape index (κ2) is 6.05. The fourth-order valence-electron chi connectivity index (χ4n) is 1.91. The van der Waals surface area contributed by atoms with Gasteiger partial charge in [-0.15, -0.1) is 11.3 Å². The molecule has 2 N–H and O–H groups in total. The van der Waals surface area contributed by atoms with E-state index in [1.54, 1.807) is 19.2 Å². The Morgan fingerprint density at radius 2 is 2.00 bits per heavy atom. The molecule has 0 saturated carbocycles. The normalized spacial score (nSPS) is 12.0. The van der Waals surface area contributed by atoms with Crippen molar-refractivity contribution in [2.75, 3.05) is 7.05 Å². The smallest absolute Gasteiger partial charge is 0.252 e. The first-order valence-electron chi connectivity index (χ1n) is 6.24. The molecule has 1 aromatic carbocycles. The number of nitrogens with zero attached hydrogens (tertiary/aromatic N) is 1. The van der Waals surface area contributed by atoms with Gasteiger partial charge in [0, 0.05) is 25.0 Å². The van der Waals surface area contributed by atoms with Crippen LogP contribution in [-0.2, 0) is 23.1 Å². The SMILES string of the molecule is Cc1cccc(CN(C)S(=O)(=O)c2ccc(CN)s2)c1. The number of thiophene rings is 1. The summed E-state index contributed by atoms with van der Waals surface area (Å²) in [6, 6.07) is 11.2. The predicted molar refractivity (Wildman–Crippen MR) is 82.0 cm³/mol. The summed E-state index contributed by atoms with van der Waals surface area (Å²) in [6.45, 7) is 2.71. The maximum absolute atomic E-state index is 12.4. The molecule has 0 amide bonds. The van der Waals surface area contributed by atoms with Crippen molar-refractivity contribution in [2.24, 2.45) is 5.73 Å². The molecule has 2 rings (SSSR count). The summed E-state index contributed by atoms with van der Waals surface area (Å²) in [5, 5.41) is 0. The van der Waals surface area contributed by atoms with Crippen molar-refractivity contribution in [2.45, 2.75) is 24.2 Å². The van der Waals surface area contributed by atoms with Gasteiger partial charge in [-0.3, -0.25) is 0 Å². The lowest BCUT2D eigenvalue weighted by Crippen LogP contribution is -2.25. The Balaban J connectivity index is 2.21. The largest absolute Gasteiger partial charge is 0.326 e. The first-order chi connectivity index (χ1) is 9.43. The fourth-order valence-corrected chi connectivity index (χ4v) is 4.52. The van der Waals surface area contributed by atoms with Gasteiger partial charge in [-0.1, -0.05) is 29.8 Å². The van der Waals surface area contributed by atoms with Crippen LogP contribution < -0.4 is 5.73 Å². The number of sulfonamides is 1. The van der Waals surface area contributed by atoms with Crippen LogP contribution in [0.15, 0.2) is 40.6 Å². The van der Waals surface area contributed by atoms with E-state index in [2.05, 4.69) is 0 Å². The molecule has 6 heteroatoms. The van der Waals surface area contributed by atoms with Gasteiger partial charge in [-0.25, -0.2) is 8.42 Å². The van der Waals surface area contributed by atoms with Crippen LogP contribution in [0.4, 0.5) is 0 Å². The molecule has 0 aliphatic rings. The van der Waals surface area contributed by atoms with Gasteiger partial charge in [0.1, 0.15) is 4.21 Å². The molecule has 0 unspecified atom stereocenters. The Labute approximate surface area is 123 Å². The summed E-state index contributed by atoms with van der Waals surface area (Å²) in [4.78, 5) is 0.868. The highest BCUT2D eigenvalue weighted by Crippen LogP contribution is 2.25. The van der Waals surface area contributed by atoms with Crippen LogP contribution in [0.5, 0.6) is 0 Å². The van der Waals surface area contributed by atoms with E-state index in [-0.39, 0.29) is 0 Å². The van der Waals surface area contributed by atoms with E-state index in [1.165, 1.54) is 15.6 Å². The van der Waals surface area contributed by atoms with Crippen LogP contribution >= 0.6 is 11.3 Å². The molecule has 0 aliphatic heterocycles. The minimum atomic E-state index is -3.44. The van der Waals surface area contributed by atoms with Gasteiger partial charge in [-0.2, -0.15) is 4.31 Å². The molecule has 4 nitrogen and oxygen atoms in total. The van der Waals surface area contributed by atoms with Crippen LogP contribution in [-0.4, -0.2) is 19.8 Å². The van der Waals surface area contributed by atoms with Gasteiger partial charge in [-0.05, 0) is 24.6 Å². The average molecular weight is 310 g/mol. The third-order valence-corrected chi connectivity index (χ3v) is 6.37. The highest BCUT2D eigenvalue weighted by atomic mass is 32.2. The maximum atomic E-state index is 12.4. The molecule has 108 valence electrons. The van der Waals surface area contributed by atoms with E-state index in [9.17, 15) is 8.42 Å². The zero-order valence-electron chi connectivity index (χ0n) is 11.5. The molecule has 0 spiro atoms. The number of benzene rings is 1. The summed E-state index contributed by atoms with van der Waals surface area (Å²) in [5.41, 5.74) is 7.62.